The Morgan fingerprint density at radius 2 is 2.05 bits per heavy atom. The molecule has 3 atom stereocenters. The Hall–Kier alpha value is -0.900. The third-order valence-electron chi connectivity index (χ3n) is 4.14. The van der Waals surface area contributed by atoms with Gasteiger partial charge in [-0.25, -0.2) is 0 Å². The number of nitrogens with zero attached hydrogens (tertiary/aromatic N) is 1. The summed E-state index contributed by atoms with van der Waals surface area (Å²) in [7, 11) is 2.07. The molecular weight excluding hydrogens is 238 g/mol. The fourth-order valence-corrected chi connectivity index (χ4v) is 2.79. The lowest BCUT2D eigenvalue weighted by atomic mass is 10.0. The van der Waals surface area contributed by atoms with Gasteiger partial charge in [0.05, 0.1) is 12.2 Å². The maximum absolute atomic E-state index is 10.3. The average molecular weight is 263 g/mol. The molecule has 1 fully saturated rings. The smallest absolute Gasteiger partial charge is 0.0916 e. The van der Waals surface area contributed by atoms with Crippen LogP contribution in [0.1, 0.15) is 37.5 Å². The van der Waals surface area contributed by atoms with Gasteiger partial charge in [0, 0.05) is 19.2 Å². The van der Waals surface area contributed by atoms with E-state index in [1.807, 2.05) is 12.1 Å². The van der Waals surface area contributed by atoms with Gasteiger partial charge in [0.25, 0.3) is 0 Å². The van der Waals surface area contributed by atoms with E-state index in [1.165, 1.54) is 5.56 Å². The van der Waals surface area contributed by atoms with Gasteiger partial charge in [-0.1, -0.05) is 31.2 Å². The zero-order valence-corrected chi connectivity index (χ0v) is 12.2. The summed E-state index contributed by atoms with van der Waals surface area (Å²) >= 11 is 0. The van der Waals surface area contributed by atoms with Crippen molar-refractivity contribution in [1.82, 2.24) is 4.90 Å². The van der Waals surface area contributed by atoms with Gasteiger partial charge in [0.1, 0.15) is 0 Å². The summed E-state index contributed by atoms with van der Waals surface area (Å²) < 4.78 is 5.58. The lowest BCUT2D eigenvalue weighted by Gasteiger charge is -2.28. The minimum Gasteiger partial charge on any atom is -0.387 e. The van der Waals surface area contributed by atoms with E-state index in [1.54, 1.807) is 0 Å². The highest BCUT2D eigenvalue weighted by Crippen LogP contribution is 2.21. The van der Waals surface area contributed by atoms with Crippen LogP contribution in [0.2, 0.25) is 0 Å². The standard InChI is InChI=1S/C16H25NO2/c1-4-13-5-7-14(8-6-13)16(18)11-17(3)15-9-10-19-12(15)2/h5-8,12,15-16,18H,4,9-11H2,1-3H3. The van der Waals surface area contributed by atoms with E-state index >= 15 is 0 Å². The molecule has 1 heterocycles. The maximum Gasteiger partial charge on any atom is 0.0916 e. The molecule has 1 saturated heterocycles. The number of rotatable bonds is 5. The van der Waals surface area contributed by atoms with Gasteiger partial charge in [-0.15, -0.1) is 0 Å². The first-order chi connectivity index (χ1) is 9.11. The Balaban J connectivity index is 1.93. The molecule has 3 unspecified atom stereocenters. The highest BCUT2D eigenvalue weighted by atomic mass is 16.5. The molecule has 0 aromatic heterocycles. The van der Waals surface area contributed by atoms with Crippen LogP contribution in [0.15, 0.2) is 24.3 Å². The highest BCUT2D eigenvalue weighted by Gasteiger charge is 2.28. The molecule has 19 heavy (non-hydrogen) atoms. The van der Waals surface area contributed by atoms with E-state index in [9.17, 15) is 5.11 Å². The zero-order valence-electron chi connectivity index (χ0n) is 12.2. The van der Waals surface area contributed by atoms with Crippen molar-refractivity contribution in [3.8, 4) is 0 Å². The van der Waals surface area contributed by atoms with Gasteiger partial charge in [0.2, 0.25) is 0 Å². The van der Waals surface area contributed by atoms with Crippen molar-refractivity contribution in [3.63, 3.8) is 0 Å². The summed E-state index contributed by atoms with van der Waals surface area (Å²) in [6.45, 7) is 5.73. The molecule has 0 aliphatic carbocycles. The topological polar surface area (TPSA) is 32.7 Å². The van der Waals surface area contributed by atoms with E-state index in [0.717, 1.165) is 25.0 Å². The highest BCUT2D eigenvalue weighted by molar-refractivity contribution is 5.24. The quantitative estimate of drug-likeness (QED) is 0.885. The van der Waals surface area contributed by atoms with Crippen LogP contribution in [0, 0.1) is 0 Å². The van der Waals surface area contributed by atoms with Crippen molar-refractivity contribution in [2.75, 3.05) is 20.2 Å². The lowest BCUT2D eigenvalue weighted by molar-refractivity contribution is 0.0579. The van der Waals surface area contributed by atoms with Gasteiger partial charge >= 0.3 is 0 Å². The van der Waals surface area contributed by atoms with Crippen LogP contribution in [0.4, 0.5) is 0 Å². The minimum atomic E-state index is -0.427. The van der Waals surface area contributed by atoms with Crippen molar-refractivity contribution >= 4 is 0 Å². The monoisotopic (exact) mass is 263 g/mol. The first-order valence-electron chi connectivity index (χ1n) is 7.20. The fraction of sp³-hybridized carbons (Fsp3) is 0.625. The predicted octanol–water partition coefficient (Wildman–Crippen LogP) is 2.39. The average Bonchev–Trinajstić information content (AvgIpc) is 2.85. The fourth-order valence-electron chi connectivity index (χ4n) is 2.79. The Morgan fingerprint density at radius 3 is 2.58 bits per heavy atom. The van der Waals surface area contributed by atoms with Gasteiger partial charge in [0.15, 0.2) is 0 Å². The number of likely N-dealkylation sites (N-methyl/N-ethyl adjacent to an activating group) is 1. The molecule has 3 nitrogen and oxygen atoms in total. The molecule has 106 valence electrons. The van der Waals surface area contributed by atoms with Crippen LogP contribution in [-0.4, -0.2) is 42.4 Å². The van der Waals surface area contributed by atoms with Gasteiger partial charge < -0.3 is 9.84 Å². The second-order valence-electron chi connectivity index (χ2n) is 5.48. The summed E-state index contributed by atoms with van der Waals surface area (Å²) in [5.74, 6) is 0. The minimum absolute atomic E-state index is 0.264. The van der Waals surface area contributed by atoms with E-state index in [4.69, 9.17) is 4.74 Å². The summed E-state index contributed by atoms with van der Waals surface area (Å²) in [5, 5.41) is 10.3. The normalized spacial score (nSPS) is 24.9. The van der Waals surface area contributed by atoms with E-state index in [0.29, 0.717) is 12.6 Å². The number of benzene rings is 1. The van der Waals surface area contributed by atoms with Crippen molar-refractivity contribution < 1.29 is 9.84 Å². The van der Waals surface area contributed by atoms with Gasteiger partial charge in [-0.2, -0.15) is 0 Å². The molecule has 0 saturated carbocycles. The van der Waals surface area contributed by atoms with E-state index in [-0.39, 0.29) is 6.10 Å². The van der Waals surface area contributed by atoms with E-state index in [2.05, 4.69) is 37.9 Å². The number of aliphatic hydroxyl groups is 1. The predicted molar refractivity (Wildman–Crippen MR) is 77.2 cm³/mol. The largest absolute Gasteiger partial charge is 0.387 e. The number of aliphatic hydroxyl groups excluding tert-OH is 1. The molecule has 3 heteroatoms. The van der Waals surface area contributed by atoms with Crippen LogP contribution in [0.3, 0.4) is 0 Å². The molecule has 1 aromatic rings. The van der Waals surface area contributed by atoms with E-state index < -0.39 is 6.10 Å². The Morgan fingerprint density at radius 1 is 1.37 bits per heavy atom. The zero-order chi connectivity index (χ0) is 13.8. The SMILES string of the molecule is CCc1ccc(C(O)CN(C)C2CCOC2C)cc1. The molecule has 1 N–H and O–H groups in total. The van der Waals surface area contributed by atoms with Crippen molar-refractivity contribution in [2.45, 2.75) is 44.9 Å². The Kier molecular flexibility index (Phi) is 4.97. The molecule has 1 aliphatic rings. The molecule has 0 radical (unpaired) electrons. The Labute approximate surface area is 116 Å². The van der Waals surface area contributed by atoms with Crippen molar-refractivity contribution in [2.24, 2.45) is 0 Å². The summed E-state index contributed by atoms with van der Waals surface area (Å²) in [6, 6.07) is 8.68. The summed E-state index contributed by atoms with van der Waals surface area (Å²) in [5.41, 5.74) is 2.30. The van der Waals surface area contributed by atoms with Crippen LogP contribution < -0.4 is 0 Å². The first-order valence-corrected chi connectivity index (χ1v) is 7.20. The molecule has 1 aromatic carbocycles. The van der Waals surface area contributed by atoms with Gasteiger partial charge in [-0.3, -0.25) is 4.90 Å². The number of hydrogen-bond acceptors (Lipinski definition) is 3. The lowest BCUT2D eigenvalue weighted by Crippen LogP contribution is -2.39. The maximum atomic E-state index is 10.3. The molecular formula is C16H25NO2. The molecule has 0 spiro atoms. The second-order valence-corrected chi connectivity index (χ2v) is 5.48. The second kappa shape index (κ2) is 6.51. The van der Waals surface area contributed by atoms with Crippen LogP contribution in [0.5, 0.6) is 0 Å². The molecule has 0 bridgehead atoms. The van der Waals surface area contributed by atoms with Crippen LogP contribution in [0.25, 0.3) is 0 Å². The molecule has 0 amide bonds. The van der Waals surface area contributed by atoms with Crippen molar-refractivity contribution in [1.29, 1.82) is 0 Å². The van der Waals surface area contributed by atoms with Crippen molar-refractivity contribution in [3.05, 3.63) is 35.4 Å². The third kappa shape index (κ3) is 3.56. The van der Waals surface area contributed by atoms with Crippen LogP contribution in [-0.2, 0) is 11.2 Å². The molecule has 1 aliphatic heterocycles. The van der Waals surface area contributed by atoms with Crippen LogP contribution >= 0.6 is 0 Å². The summed E-state index contributed by atoms with van der Waals surface area (Å²) in [4.78, 5) is 2.22. The number of aryl methyl sites for hydroxylation is 1. The molecule has 2 rings (SSSR count). The Bertz CT molecular complexity index is 390. The number of hydrogen-bond donors (Lipinski definition) is 1. The summed E-state index contributed by atoms with van der Waals surface area (Å²) in [6.07, 6.45) is 1.93. The number of ether oxygens (including phenoxy) is 1. The third-order valence-corrected chi connectivity index (χ3v) is 4.14. The van der Waals surface area contributed by atoms with Gasteiger partial charge in [-0.05, 0) is 37.9 Å². The first kappa shape index (κ1) is 14.5.